The van der Waals surface area contributed by atoms with Crippen LogP contribution in [0.25, 0.3) is 49.0 Å². The van der Waals surface area contributed by atoms with E-state index in [1.807, 2.05) is 0 Å². The Balaban J connectivity index is 2.05. The van der Waals surface area contributed by atoms with Crippen molar-refractivity contribution in [1.82, 2.24) is 4.40 Å². The molecular formula is C28H27N2+. The fraction of sp³-hybridized carbons (Fsp3) is 0.250. The van der Waals surface area contributed by atoms with Crippen molar-refractivity contribution in [2.45, 2.75) is 40.0 Å². The predicted octanol–water partition coefficient (Wildman–Crippen LogP) is 6.73. The zero-order valence-electron chi connectivity index (χ0n) is 18.6. The maximum absolute atomic E-state index is 2.52. The van der Waals surface area contributed by atoms with Gasteiger partial charge in [-0.3, -0.25) is 0 Å². The van der Waals surface area contributed by atoms with E-state index < -0.39 is 0 Å². The lowest BCUT2D eigenvalue weighted by molar-refractivity contribution is -0.643. The van der Waals surface area contributed by atoms with Crippen molar-refractivity contribution in [3.63, 3.8) is 0 Å². The zero-order valence-corrected chi connectivity index (χ0v) is 18.6. The van der Waals surface area contributed by atoms with E-state index in [9.17, 15) is 0 Å². The summed E-state index contributed by atoms with van der Waals surface area (Å²) >= 11 is 0. The fourth-order valence-electron chi connectivity index (χ4n) is 5.30. The van der Waals surface area contributed by atoms with E-state index in [2.05, 4.69) is 105 Å². The largest absolute Gasteiger partial charge is 0.307 e. The molecule has 0 N–H and O–H groups in total. The van der Waals surface area contributed by atoms with Gasteiger partial charge < -0.3 is 4.40 Å². The third-order valence-corrected chi connectivity index (χ3v) is 7.06. The molecule has 0 radical (unpaired) electrons. The van der Waals surface area contributed by atoms with Crippen LogP contribution in [0.3, 0.4) is 0 Å². The van der Waals surface area contributed by atoms with Gasteiger partial charge in [-0.2, -0.15) is 0 Å². The predicted molar refractivity (Wildman–Crippen MR) is 128 cm³/mol. The number of fused-ring (bicyclic) bond motifs is 5. The molecule has 3 heterocycles. The molecule has 148 valence electrons. The van der Waals surface area contributed by atoms with Crippen LogP contribution >= 0.6 is 0 Å². The Labute approximate surface area is 176 Å². The van der Waals surface area contributed by atoms with Crippen LogP contribution < -0.4 is 4.57 Å². The van der Waals surface area contributed by atoms with Gasteiger partial charge in [0, 0.05) is 16.8 Å². The van der Waals surface area contributed by atoms with Gasteiger partial charge in [0.1, 0.15) is 7.05 Å². The highest BCUT2D eigenvalue weighted by Gasteiger charge is 2.25. The van der Waals surface area contributed by atoms with Crippen LogP contribution in [0.1, 0.15) is 37.5 Å². The van der Waals surface area contributed by atoms with Crippen molar-refractivity contribution in [3.05, 3.63) is 71.4 Å². The maximum Gasteiger partial charge on any atom is 0.224 e. The van der Waals surface area contributed by atoms with E-state index in [1.165, 1.54) is 65.7 Å². The summed E-state index contributed by atoms with van der Waals surface area (Å²) in [4.78, 5) is 0. The van der Waals surface area contributed by atoms with Crippen LogP contribution in [0.2, 0.25) is 0 Å². The summed E-state index contributed by atoms with van der Waals surface area (Å²) in [6.45, 7) is 11.4. The normalized spacial score (nSPS) is 13.0. The van der Waals surface area contributed by atoms with Gasteiger partial charge in [-0.15, -0.1) is 0 Å². The first-order chi connectivity index (χ1) is 14.3. The van der Waals surface area contributed by atoms with E-state index in [0.717, 1.165) is 0 Å². The van der Waals surface area contributed by atoms with Gasteiger partial charge in [0.15, 0.2) is 6.20 Å². The Hall–Kier alpha value is -3.13. The molecule has 6 aromatic rings. The quantitative estimate of drug-likeness (QED) is 0.154. The molecular weight excluding hydrogens is 364 g/mol. The minimum Gasteiger partial charge on any atom is -0.307 e. The van der Waals surface area contributed by atoms with Crippen LogP contribution in [0.4, 0.5) is 0 Å². The third kappa shape index (κ3) is 2.06. The smallest absolute Gasteiger partial charge is 0.224 e. The number of aryl methyl sites for hydroxylation is 3. The molecule has 3 aromatic heterocycles. The second-order valence-corrected chi connectivity index (χ2v) is 9.92. The summed E-state index contributed by atoms with van der Waals surface area (Å²) in [5.41, 5.74) is 9.51. The number of pyridine rings is 2. The molecule has 2 heteroatoms. The molecule has 0 saturated carbocycles. The molecule has 0 spiro atoms. The molecule has 0 aliphatic rings. The average Bonchev–Trinajstić information content (AvgIpc) is 3.03. The Kier molecular flexibility index (Phi) is 3.25. The topological polar surface area (TPSA) is 8.29 Å². The maximum atomic E-state index is 2.52. The Morgan fingerprint density at radius 3 is 2.40 bits per heavy atom. The number of hydrogen-bond donors (Lipinski definition) is 0. The van der Waals surface area contributed by atoms with Crippen molar-refractivity contribution >= 4 is 49.0 Å². The molecule has 0 aliphatic heterocycles. The lowest BCUT2D eigenvalue weighted by Crippen LogP contribution is -2.29. The second kappa shape index (κ2) is 5.51. The van der Waals surface area contributed by atoms with E-state index in [4.69, 9.17) is 0 Å². The Bertz CT molecular complexity index is 1640. The molecule has 0 unspecified atom stereocenters. The van der Waals surface area contributed by atoms with Crippen molar-refractivity contribution in [1.29, 1.82) is 0 Å². The molecule has 0 atom stereocenters. The molecule has 0 fully saturated rings. The summed E-state index contributed by atoms with van der Waals surface area (Å²) in [6, 6.07) is 18.4. The zero-order chi connectivity index (χ0) is 20.9. The minimum absolute atomic E-state index is 0.116. The van der Waals surface area contributed by atoms with E-state index in [-0.39, 0.29) is 5.41 Å². The van der Waals surface area contributed by atoms with Crippen LogP contribution in [0.5, 0.6) is 0 Å². The van der Waals surface area contributed by atoms with Crippen LogP contribution in [0.15, 0.2) is 54.7 Å². The van der Waals surface area contributed by atoms with Crippen molar-refractivity contribution in [2.75, 3.05) is 0 Å². The number of benzene rings is 3. The Morgan fingerprint density at radius 2 is 1.63 bits per heavy atom. The van der Waals surface area contributed by atoms with Crippen LogP contribution in [-0.4, -0.2) is 4.40 Å². The first kappa shape index (κ1) is 17.7. The molecule has 0 saturated heterocycles. The van der Waals surface area contributed by atoms with E-state index >= 15 is 0 Å². The molecule has 6 rings (SSSR count). The van der Waals surface area contributed by atoms with Gasteiger partial charge in [0.05, 0.1) is 27.3 Å². The Morgan fingerprint density at radius 1 is 0.833 bits per heavy atom. The summed E-state index contributed by atoms with van der Waals surface area (Å²) in [5, 5.41) is 6.73. The van der Waals surface area contributed by atoms with Gasteiger partial charge in [0.2, 0.25) is 5.52 Å². The van der Waals surface area contributed by atoms with Crippen LogP contribution in [0, 0.1) is 13.8 Å². The summed E-state index contributed by atoms with van der Waals surface area (Å²) in [5.74, 6) is 0. The molecule has 2 nitrogen and oxygen atoms in total. The van der Waals surface area contributed by atoms with E-state index in [0.29, 0.717) is 0 Å². The lowest BCUT2D eigenvalue weighted by Gasteiger charge is -2.19. The lowest BCUT2D eigenvalue weighted by atomic mass is 9.86. The number of hydrogen-bond acceptors (Lipinski definition) is 0. The standard InChI is InChI=1S/C28H27N2/c1-16-14-21-20-11-10-19(28(3,4)5)15-23(20)30-22-9-7-8-18-12-13-29(6)27(25(18)22)24(17(16)2)26(21)30/h7-15H,1-6H3/q+1. The second-order valence-electron chi connectivity index (χ2n) is 9.92. The van der Waals surface area contributed by atoms with Gasteiger partial charge in [0.25, 0.3) is 0 Å². The van der Waals surface area contributed by atoms with Crippen molar-refractivity contribution in [2.24, 2.45) is 7.05 Å². The highest BCUT2D eigenvalue weighted by atomic mass is 15.0. The van der Waals surface area contributed by atoms with Crippen LogP contribution in [-0.2, 0) is 12.5 Å². The monoisotopic (exact) mass is 391 g/mol. The average molecular weight is 392 g/mol. The van der Waals surface area contributed by atoms with Gasteiger partial charge in [-0.1, -0.05) is 45.0 Å². The SMILES string of the molecule is Cc1cc2c3ccc(C(C)(C)C)cc3n3c4cccc5cc[n+](C)c(c(c1C)c23)c54. The first-order valence-electron chi connectivity index (χ1n) is 10.8. The van der Waals surface area contributed by atoms with Gasteiger partial charge >= 0.3 is 0 Å². The summed E-state index contributed by atoms with van der Waals surface area (Å²) in [6.07, 6.45) is 2.20. The first-order valence-corrected chi connectivity index (χ1v) is 10.8. The third-order valence-electron chi connectivity index (χ3n) is 7.06. The summed E-state index contributed by atoms with van der Waals surface area (Å²) in [7, 11) is 2.18. The molecule has 0 aliphatic carbocycles. The number of aromatic nitrogens is 2. The fourth-order valence-corrected chi connectivity index (χ4v) is 5.30. The van der Waals surface area contributed by atoms with Crippen molar-refractivity contribution < 1.29 is 4.57 Å². The van der Waals surface area contributed by atoms with Crippen molar-refractivity contribution in [3.8, 4) is 0 Å². The number of rotatable bonds is 0. The molecule has 30 heavy (non-hydrogen) atoms. The van der Waals surface area contributed by atoms with E-state index in [1.54, 1.807) is 0 Å². The van der Waals surface area contributed by atoms with Gasteiger partial charge in [-0.25, -0.2) is 4.57 Å². The molecule has 3 aromatic carbocycles. The number of nitrogens with zero attached hydrogens (tertiary/aromatic N) is 2. The summed E-state index contributed by atoms with van der Waals surface area (Å²) < 4.78 is 4.83. The minimum atomic E-state index is 0.116. The molecule has 0 bridgehead atoms. The van der Waals surface area contributed by atoms with Gasteiger partial charge in [-0.05, 0) is 59.5 Å². The molecule has 0 amide bonds. The highest BCUT2D eigenvalue weighted by Crippen LogP contribution is 2.42. The highest BCUT2D eigenvalue weighted by molar-refractivity contribution is 6.26.